The number of carbonyl (C=O) groups is 2. The Morgan fingerprint density at radius 1 is 1.26 bits per heavy atom. The van der Waals surface area contributed by atoms with Crippen LogP contribution in [0.1, 0.15) is 56.8 Å². The minimum absolute atomic E-state index is 0.110. The summed E-state index contributed by atoms with van der Waals surface area (Å²) in [5.74, 6) is -0.715. The zero-order chi connectivity index (χ0) is 19.7. The number of hydrogen-bond acceptors (Lipinski definition) is 5. The van der Waals surface area contributed by atoms with Gasteiger partial charge in [0.25, 0.3) is 0 Å². The Morgan fingerprint density at radius 3 is 2.59 bits per heavy atom. The summed E-state index contributed by atoms with van der Waals surface area (Å²) in [5.41, 5.74) is -0.0941. The second-order valence-electron chi connectivity index (χ2n) is 8.40. The number of ether oxygens (including phenoxy) is 2. The molecule has 0 bridgehead atoms. The van der Waals surface area contributed by atoms with Crippen LogP contribution in [-0.2, 0) is 14.3 Å². The van der Waals surface area contributed by atoms with Crippen LogP contribution in [0.2, 0.25) is 0 Å². The average Bonchev–Trinajstić information content (AvgIpc) is 3.03. The molecule has 5 nitrogen and oxygen atoms in total. The summed E-state index contributed by atoms with van der Waals surface area (Å²) >= 11 is 0. The molecule has 1 aliphatic heterocycles. The molecule has 3 atom stereocenters. The Kier molecular flexibility index (Phi) is 5.43. The van der Waals surface area contributed by atoms with E-state index < -0.39 is 11.0 Å². The first kappa shape index (κ1) is 19.6. The molecule has 0 unspecified atom stereocenters. The van der Waals surface area contributed by atoms with Crippen LogP contribution in [0.4, 0.5) is 0 Å². The summed E-state index contributed by atoms with van der Waals surface area (Å²) in [6.45, 7) is 6.25. The van der Waals surface area contributed by atoms with Crippen LogP contribution >= 0.6 is 0 Å². The Balaban J connectivity index is 1.73. The zero-order valence-corrected chi connectivity index (χ0v) is 16.2. The van der Waals surface area contributed by atoms with E-state index >= 15 is 0 Å². The minimum Gasteiger partial charge on any atom is -0.458 e. The lowest BCUT2D eigenvalue weighted by Crippen LogP contribution is -2.54. The Labute approximate surface area is 160 Å². The summed E-state index contributed by atoms with van der Waals surface area (Å²) in [7, 11) is 0. The van der Waals surface area contributed by atoms with Gasteiger partial charge in [-0.05, 0) is 56.7 Å². The predicted octanol–water partition coefficient (Wildman–Crippen LogP) is 3.66. The van der Waals surface area contributed by atoms with Crippen LogP contribution in [0.25, 0.3) is 0 Å². The van der Waals surface area contributed by atoms with E-state index in [0.717, 1.165) is 0 Å². The van der Waals surface area contributed by atoms with Crippen LogP contribution in [0.15, 0.2) is 42.0 Å². The van der Waals surface area contributed by atoms with E-state index in [9.17, 15) is 14.7 Å². The second-order valence-corrected chi connectivity index (χ2v) is 8.40. The van der Waals surface area contributed by atoms with Crippen LogP contribution in [-0.4, -0.2) is 35.4 Å². The van der Waals surface area contributed by atoms with Gasteiger partial charge < -0.3 is 14.6 Å². The fourth-order valence-corrected chi connectivity index (χ4v) is 4.56. The topological polar surface area (TPSA) is 72.8 Å². The van der Waals surface area contributed by atoms with E-state index in [1.807, 2.05) is 39.0 Å². The molecule has 1 aromatic carbocycles. The average molecular weight is 372 g/mol. The van der Waals surface area contributed by atoms with Gasteiger partial charge in [-0.3, -0.25) is 0 Å². The van der Waals surface area contributed by atoms with E-state index in [1.165, 1.54) is 0 Å². The van der Waals surface area contributed by atoms with Gasteiger partial charge in [0.15, 0.2) is 0 Å². The van der Waals surface area contributed by atoms with E-state index in [1.54, 1.807) is 18.2 Å². The van der Waals surface area contributed by atoms with E-state index in [4.69, 9.17) is 9.47 Å². The van der Waals surface area contributed by atoms with Gasteiger partial charge in [0.2, 0.25) is 0 Å². The van der Waals surface area contributed by atoms with Crippen molar-refractivity contribution in [3.63, 3.8) is 0 Å². The summed E-state index contributed by atoms with van der Waals surface area (Å²) in [6.07, 6.45) is 3.87. The molecular formula is C22H28O5. The molecule has 0 amide bonds. The van der Waals surface area contributed by atoms with Crippen molar-refractivity contribution in [1.82, 2.24) is 0 Å². The number of rotatable bonds is 5. The highest BCUT2D eigenvalue weighted by atomic mass is 16.5. The molecule has 1 saturated carbocycles. The highest BCUT2D eigenvalue weighted by Crippen LogP contribution is 2.50. The first-order chi connectivity index (χ1) is 12.7. The molecule has 0 spiro atoms. The maximum Gasteiger partial charge on any atom is 0.338 e. The van der Waals surface area contributed by atoms with Gasteiger partial charge in [-0.2, -0.15) is 0 Å². The van der Waals surface area contributed by atoms with Gasteiger partial charge in [-0.1, -0.05) is 32.0 Å². The summed E-state index contributed by atoms with van der Waals surface area (Å²) < 4.78 is 10.8. The van der Waals surface area contributed by atoms with E-state index in [2.05, 4.69) is 0 Å². The molecule has 1 N–H and O–H groups in total. The first-order valence-electron chi connectivity index (χ1n) is 9.56. The molecule has 1 aromatic rings. The molecule has 0 radical (unpaired) electrons. The van der Waals surface area contributed by atoms with E-state index in [0.29, 0.717) is 43.4 Å². The van der Waals surface area contributed by atoms with Crippen molar-refractivity contribution < 1.29 is 24.2 Å². The smallest absolute Gasteiger partial charge is 0.338 e. The van der Waals surface area contributed by atoms with Crippen LogP contribution in [0.5, 0.6) is 0 Å². The Bertz CT molecular complexity index is 732. The maximum absolute atomic E-state index is 12.5. The number of cyclic esters (lactones) is 1. The molecule has 5 heteroatoms. The molecule has 27 heavy (non-hydrogen) atoms. The molecule has 1 aliphatic carbocycles. The third kappa shape index (κ3) is 4.08. The highest BCUT2D eigenvalue weighted by Gasteiger charge is 2.52. The van der Waals surface area contributed by atoms with Gasteiger partial charge in [-0.15, -0.1) is 0 Å². The molecule has 3 rings (SSSR count). The third-order valence-corrected chi connectivity index (χ3v) is 6.16. The Morgan fingerprint density at radius 2 is 1.96 bits per heavy atom. The Hall–Kier alpha value is -2.14. The van der Waals surface area contributed by atoms with Crippen molar-refractivity contribution in [3.8, 4) is 0 Å². The van der Waals surface area contributed by atoms with Crippen molar-refractivity contribution in [2.75, 3.05) is 6.61 Å². The van der Waals surface area contributed by atoms with Crippen molar-refractivity contribution in [2.45, 2.75) is 58.2 Å². The van der Waals surface area contributed by atoms with Crippen LogP contribution in [0.3, 0.4) is 0 Å². The van der Waals surface area contributed by atoms with Gasteiger partial charge in [0, 0.05) is 11.0 Å². The second kappa shape index (κ2) is 7.47. The largest absolute Gasteiger partial charge is 0.458 e. The normalized spacial score (nSPS) is 29.8. The molecule has 1 fully saturated rings. The molecule has 0 aromatic heterocycles. The number of hydrogen-bond donors (Lipinski definition) is 1. The zero-order valence-electron chi connectivity index (χ0n) is 16.2. The number of esters is 2. The van der Waals surface area contributed by atoms with E-state index in [-0.39, 0.29) is 24.0 Å². The lowest BCUT2D eigenvalue weighted by molar-refractivity contribution is -0.148. The number of aliphatic hydroxyl groups is 1. The molecule has 2 aliphatic rings. The summed E-state index contributed by atoms with van der Waals surface area (Å²) in [5, 5.41) is 11.0. The van der Waals surface area contributed by atoms with Gasteiger partial charge in [0.05, 0.1) is 11.2 Å². The van der Waals surface area contributed by atoms with Gasteiger partial charge in [-0.25, -0.2) is 9.59 Å². The molecule has 1 heterocycles. The summed E-state index contributed by atoms with van der Waals surface area (Å²) in [4.78, 5) is 24.2. The highest BCUT2D eigenvalue weighted by molar-refractivity contribution is 5.90. The third-order valence-electron chi connectivity index (χ3n) is 6.16. The van der Waals surface area contributed by atoms with Crippen LogP contribution in [0, 0.1) is 11.3 Å². The van der Waals surface area contributed by atoms with Crippen molar-refractivity contribution >= 4 is 11.9 Å². The molecule has 0 saturated heterocycles. The van der Waals surface area contributed by atoms with Crippen molar-refractivity contribution in [2.24, 2.45) is 11.3 Å². The first-order valence-corrected chi connectivity index (χ1v) is 9.56. The number of benzene rings is 1. The number of carbonyl (C=O) groups excluding carboxylic acids is 2. The van der Waals surface area contributed by atoms with Gasteiger partial charge in [0.1, 0.15) is 12.7 Å². The van der Waals surface area contributed by atoms with Gasteiger partial charge >= 0.3 is 11.9 Å². The lowest BCUT2D eigenvalue weighted by Gasteiger charge is -2.51. The summed E-state index contributed by atoms with van der Waals surface area (Å²) in [6, 6.07) is 8.96. The predicted molar refractivity (Wildman–Crippen MR) is 101 cm³/mol. The lowest BCUT2D eigenvalue weighted by atomic mass is 9.59. The quantitative estimate of drug-likeness (QED) is 0.799. The van der Waals surface area contributed by atoms with Crippen LogP contribution < -0.4 is 0 Å². The van der Waals surface area contributed by atoms with Crippen molar-refractivity contribution in [3.05, 3.63) is 47.5 Å². The fourth-order valence-electron chi connectivity index (χ4n) is 4.56. The SMILES string of the molecule is CC1(C)[C@@H](CCC2=CCOC2=O)[C@](C)(O)CC[C@H]1OC(=O)c1ccccc1. The minimum atomic E-state index is -0.873. The van der Waals surface area contributed by atoms with Crippen molar-refractivity contribution in [1.29, 1.82) is 0 Å². The molecule has 146 valence electrons. The fraction of sp³-hybridized carbons (Fsp3) is 0.545. The standard InChI is InChI=1S/C22H28O5/c1-21(2)17(10-9-16-12-14-26-19(16)23)22(3,25)13-11-18(21)27-20(24)15-7-5-4-6-8-15/h4-8,12,17-18,25H,9-11,13-14H2,1-3H3/t17-,18-,22-/m1/s1. The monoisotopic (exact) mass is 372 g/mol. The molecular weight excluding hydrogens is 344 g/mol. The maximum atomic E-state index is 12.5.